The fourth-order valence-corrected chi connectivity index (χ4v) is 1.55. The van der Waals surface area contributed by atoms with Crippen molar-refractivity contribution < 1.29 is 0 Å². The Morgan fingerprint density at radius 1 is 1.14 bits per heavy atom. The van der Waals surface area contributed by atoms with E-state index in [1.54, 1.807) is 0 Å². The van der Waals surface area contributed by atoms with E-state index in [9.17, 15) is 0 Å². The summed E-state index contributed by atoms with van der Waals surface area (Å²) in [7, 11) is 1.94. The summed E-state index contributed by atoms with van der Waals surface area (Å²) in [5.74, 6) is 0. The molecule has 0 saturated heterocycles. The van der Waals surface area contributed by atoms with Crippen LogP contribution in [0.15, 0.2) is 12.1 Å². The highest BCUT2D eigenvalue weighted by Crippen LogP contribution is 2.22. The van der Waals surface area contributed by atoms with Crippen molar-refractivity contribution in [2.75, 3.05) is 18.5 Å². The Morgan fingerprint density at radius 3 is 2.29 bits per heavy atom. The van der Waals surface area contributed by atoms with Crippen LogP contribution in [0, 0.1) is 32.1 Å². The maximum atomic E-state index is 8.62. The zero-order valence-corrected chi connectivity index (χ0v) is 9.26. The van der Waals surface area contributed by atoms with Gasteiger partial charge in [0.1, 0.15) is 6.54 Å². The molecule has 0 unspecified atom stereocenters. The molecule has 0 aliphatic rings. The van der Waals surface area contributed by atoms with E-state index in [1.807, 2.05) is 11.9 Å². The van der Waals surface area contributed by atoms with Gasteiger partial charge >= 0.3 is 0 Å². The molecule has 1 rings (SSSR count). The highest BCUT2D eigenvalue weighted by Gasteiger charge is 2.05. The number of hydrogen-bond donors (Lipinski definition) is 0. The minimum absolute atomic E-state index is 0.434. The van der Waals surface area contributed by atoms with Gasteiger partial charge in [-0.25, -0.2) is 0 Å². The molecule has 0 N–H and O–H groups in total. The van der Waals surface area contributed by atoms with Gasteiger partial charge in [0.05, 0.1) is 6.07 Å². The molecule has 0 heterocycles. The van der Waals surface area contributed by atoms with Gasteiger partial charge in [0, 0.05) is 12.7 Å². The van der Waals surface area contributed by atoms with Crippen molar-refractivity contribution in [1.29, 1.82) is 5.26 Å². The van der Waals surface area contributed by atoms with E-state index in [2.05, 4.69) is 39.0 Å². The van der Waals surface area contributed by atoms with E-state index in [-0.39, 0.29) is 0 Å². The molecule has 0 saturated carbocycles. The summed E-state index contributed by atoms with van der Waals surface area (Å²) < 4.78 is 0. The maximum absolute atomic E-state index is 8.62. The third-order valence-corrected chi connectivity index (χ3v) is 2.53. The minimum Gasteiger partial charge on any atom is -0.361 e. The number of nitriles is 1. The van der Waals surface area contributed by atoms with E-state index in [0.717, 1.165) is 5.69 Å². The van der Waals surface area contributed by atoms with Gasteiger partial charge in [-0.15, -0.1) is 0 Å². The fourth-order valence-electron chi connectivity index (χ4n) is 1.55. The number of aryl methyl sites for hydroxylation is 3. The predicted molar refractivity (Wildman–Crippen MR) is 59.5 cm³/mol. The Morgan fingerprint density at radius 2 is 1.71 bits per heavy atom. The molecule has 0 atom stereocenters. The first kappa shape index (κ1) is 10.6. The highest BCUT2D eigenvalue weighted by molar-refractivity contribution is 5.56. The zero-order chi connectivity index (χ0) is 10.7. The Hall–Kier alpha value is -1.49. The van der Waals surface area contributed by atoms with Crippen LogP contribution in [-0.4, -0.2) is 13.6 Å². The first-order valence-corrected chi connectivity index (χ1v) is 4.72. The summed E-state index contributed by atoms with van der Waals surface area (Å²) in [6, 6.07) is 6.46. The Bertz CT molecular complexity index is 375. The van der Waals surface area contributed by atoms with Crippen molar-refractivity contribution in [1.82, 2.24) is 0 Å². The molecule has 0 fully saturated rings. The van der Waals surface area contributed by atoms with Gasteiger partial charge in [-0.2, -0.15) is 5.26 Å². The van der Waals surface area contributed by atoms with Crippen molar-refractivity contribution >= 4 is 5.69 Å². The molecule has 0 bridgehead atoms. The van der Waals surface area contributed by atoms with Crippen LogP contribution in [0.5, 0.6) is 0 Å². The molecule has 74 valence electrons. The first-order chi connectivity index (χ1) is 6.56. The predicted octanol–water partition coefficient (Wildman–Crippen LogP) is 2.57. The Balaban J connectivity index is 3.10. The number of rotatable bonds is 2. The van der Waals surface area contributed by atoms with Crippen LogP contribution in [0.25, 0.3) is 0 Å². The number of nitrogens with zero attached hydrogens (tertiary/aromatic N) is 2. The standard InChI is InChI=1S/C12H16N2/c1-9-7-11(3)12(8-10(9)2)14(4)6-5-13/h7-8H,6H2,1-4H3. The second kappa shape index (κ2) is 4.15. The van der Waals surface area contributed by atoms with E-state index >= 15 is 0 Å². The molecule has 0 aliphatic heterocycles. The second-order valence-corrected chi connectivity index (χ2v) is 3.74. The third-order valence-electron chi connectivity index (χ3n) is 2.53. The molecule has 0 spiro atoms. The molecular formula is C12H16N2. The molecule has 0 amide bonds. The van der Waals surface area contributed by atoms with Crippen molar-refractivity contribution in [3.63, 3.8) is 0 Å². The lowest BCUT2D eigenvalue weighted by molar-refractivity contribution is 1.02. The van der Waals surface area contributed by atoms with Crippen LogP contribution in [0.3, 0.4) is 0 Å². The minimum atomic E-state index is 0.434. The van der Waals surface area contributed by atoms with Gasteiger partial charge in [-0.1, -0.05) is 6.07 Å². The van der Waals surface area contributed by atoms with E-state index in [0.29, 0.717) is 6.54 Å². The maximum Gasteiger partial charge on any atom is 0.105 e. The van der Waals surface area contributed by atoms with Gasteiger partial charge in [-0.05, 0) is 43.5 Å². The zero-order valence-electron chi connectivity index (χ0n) is 9.26. The Labute approximate surface area is 85.8 Å². The lowest BCUT2D eigenvalue weighted by Gasteiger charge is -2.19. The van der Waals surface area contributed by atoms with Crippen LogP contribution in [0.2, 0.25) is 0 Å². The summed E-state index contributed by atoms with van der Waals surface area (Å²) in [4.78, 5) is 1.97. The normalized spacial score (nSPS) is 9.64. The summed E-state index contributed by atoms with van der Waals surface area (Å²) in [5, 5.41) is 8.62. The van der Waals surface area contributed by atoms with Crippen molar-refractivity contribution in [3.8, 4) is 6.07 Å². The van der Waals surface area contributed by atoms with E-state index in [4.69, 9.17) is 5.26 Å². The third kappa shape index (κ3) is 2.05. The van der Waals surface area contributed by atoms with Gasteiger partial charge in [0.15, 0.2) is 0 Å². The van der Waals surface area contributed by atoms with Crippen LogP contribution < -0.4 is 4.90 Å². The van der Waals surface area contributed by atoms with Crippen LogP contribution in [0.4, 0.5) is 5.69 Å². The quantitative estimate of drug-likeness (QED) is 0.667. The average Bonchev–Trinajstić information content (AvgIpc) is 2.11. The van der Waals surface area contributed by atoms with Crippen LogP contribution >= 0.6 is 0 Å². The molecule has 1 aromatic carbocycles. The second-order valence-electron chi connectivity index (χ2n) is 3.74. The summed E-state index contributed by atoms with van der Waals surface area (Å²) >= 11 is 0. The monoisotopic (exact) mass is 188 g/mol. The van der Waals surface area contributed by atoms with Crippen molar-refractivity contribution in [2.24, 2.45) is 0 Å². The highest BCUT2D eigenvalue weighted by atomic mass is 15.1. The van der Waals surface area contributed by atoms with Crippen molar-refractivity contribution in [3.05, 3.63) is 28.8 Å². The molecular weight excluding hydrogens is 172 g/mol. The van der Waals surface area contributed by atoms with Gasteiger partial charge in [0.25, 0.3) is 0 Å². The topological polar surface area (TPSA) is 27.0 Å². The average molecular weight is 188 g/mol. The lowest BCUT2D eigenvalue weighted by atomic mass is 10.0. The van der Waals surface area contributed by atoms with E-state index < -0.39 is 0 Å². The molecule has 2 heteroatoms. The number of benzene rings is 1. The summed E-state index contributed by atoms with van der Waals surface area (Å²) in [6.45, 7) is 6.72. The summed E-state index contributed by atoms with van der Waals surface area (Å²) in [5.41, 5.74) is 4.95. The smallest absolute Gasteiger partial charge is 0.105 e. The lowest BCUT2D eigenvalue weighted by Crippen LogP contribution is -2.18. The summed E-state index contributed by atoms with van der Waals surface area (Å²) in [6.07, 6.45) is 0. The van der Waals surface area contributed by atoms with Gasteiger partial charge in [-0.3, -0.25) is 0 Å². The SMILES string of the molecule is Cc1cc(C)c(N(C)CC#N)cc1C. The fraction of sp³-hybridized carbons (Fsp3) is 0.417. The van der Waals surface area contributed by atoms with Crippen LogP contribution in [0.1, 0.15) is 16.7 Å². The van der Waals surface area contributed by atoms with Gasteiger partial charge in [0.2, 0.25) is 0 Å². The van der Waals surface area contributed by atoms with Gasteiger partial charge < -0.3 is 4.90 Å². The molecule has 0 aliphatic carbocycles. The van der Waals surface area contributed by atoms with Crippen molar-refractivity contribution in [2.45, 2.75) is 20.8 Å². The molecule has 2 nitrogen and oxygen atoms in total. The molecule has 1 aromatic rings. The molecule has 0 aromatic heterocycles. The number of hydrogen-bond acceptors (Lipinski definition) is 2. The molecule has 14 heavy (non-hydrogen) atoms. The largest absolute Gasteiger partial charge is 0.361 e. The number of anilines is 1. The first-order valence-electron chi connectivity index (χ1n) is 4.72. The Kier molecular flexibility index (Phi) is 3.14. The van der Waals surface area contributed by atoms with E-state index in [1.165, 1.54) is 16.7 Å². The van der Waals surface area contributed by atoms with Crippen LogP contribution in [-0.2, 0) is 0 Å². The molecule has 0 radical (unpaired) electrons.